The van der Waals surface area contributed by atoms with Crippen LogP contribution in [0.2, 0.25) is 0 Å². The van der Waals surface area contributed by atoms with Crippen molar-refractivity contribution >= 4 is 0 Å². The predicted molar refractivity (Wildman–Crippen MR) is 56.9 cm³/mol. The molecule has 14 heavy (non-hydrogen) atoms. The van der Waals surface area contributed by atoms with Gasteiger partial charge in [0.05, 0.1) is 13.2 Å². The van der Waals surface area contributed by atoms with Gasteiger partial charge in [-0.2, -0.15) is 5.48 Å². The molecule has 0 amide bonds. The first kappa shape index (κ1) is 12.0. The summed E-state index contributed by atoms with van der Waals surface area (Å²) in [5, 5.41) is 0. The predicted octanol–water partition coefficient (Wildman–Crippen LogP) is 1.98. The van der Waals surface area contributed by atoms with Crippen molar-refractivity contribution < 1.29 is 9.57 Å². The van der Waals surface area contributed by atoms with Gasteiger partial charge in [0.1, 0.15) is 0 Å². The fraction of sp³-hybridized carbons (Fsp3) is 1.00. The Hall–Kier alpha value is -0.120. The first-order valence-corrected chi connectivity index (χ1v) is 5.60. The van der Waals surface area contributed by atoms with Crippen LogP contribution in [0, 0.1) is 11.8 Å². The molecule has 0 spiro atoms. The van der Waals surface area contributed by atoms with Gasteiger partial charge in [-0.05, 0) is 31.1 Å². The van der Waals surface area contributed by atoms with Gasteiger partial charge in [-0.25, -0.2) is 0 Å². The van der Waals surface area contributed by atoms with Crippen LogP contribution in [0.1, 0.15) is 33.1 Å². The molecule has 84 valence electrons. The molecular formula is C11H23NO2. The van der Waals surface area contributed by atoms with E-state index < -0.39 is 0 Å². The number of rotatable bonds is 5. The number of hydrogen-bond donors (Lipinski definition) is 1. The second kappa shape index (κ2) is 6.38. The van der Waals surface area contributed by atoms with E-state index in [0.717, 1.165) is 11.8 Å². The van der Waals surface area contributed by atoms with E-state index in [2.05, 4.69) is 19.3 Å². The SMILES string of the molecule is COCCONC1CCC(C)CC1C. The first-order valence-electron chi connectivity index (χ1n) is 5.60. The standard InChI is InChI=1S/C11H23NO2/c1-9-4-5-11(10(2)8-9)12-14-7-6-13-3/h9-12H,4-8H2,1-3H3. The zero-order valence-corrected chi connectivity index (χ0v) is 9.58. The quantitative estimate of drug-likeness (QED) is 0.545. The van der Waals surface area contributed by atoms with Crippen molar-refractivity contribution in [1.82, 2.24) is 5.48 Å². The molecule has 0 heterocycles. The molecule has 0 aromatic rings. The van der Waals surface area contributed by atoms with E-state index in [4.69, 9.17) is 9.57 Å². The number of methoxy groups -OCH3 is 1. The summed E-state index contributed by atoms with van der Waals surface area (Å²) in [6, 6.07) is 0.531. The van der Waals surface area contributed by atoms with Crippen molar-refractivity contribution in [2.24, 2.45) is 11.8 Å². The Labute approximate surface area is 87.1 Å². The van der Waals surface area contributed by atoms with Crippen LogP contribution in [0.3, 0.4) is 0 Å². The maximum Gasteiger partial charge on any atom is 0.0915 e. The molecule has 3 unspecified atom stereocenters. The van der Waals surface area contributed by atoms with Gasteiger partial charge in [0.2, 0.25) is 0 Å². The maximum atomic E-state index is 5.34. The fourth-order valence-corrected chi connectivity index (χ4v) is 2.13. The minimum atomic E-state index is 0.531. The summed E-state index contributed by atoms with van der Waals surface area (Å²) in [5.41, 5.74) is 3.15. The van der Waals surface area contributed by atoms with Crippen LogP contribution < -0.4 is 5.48 Å². The fourth-order valence-electron chi connectivity index (χ4n) is 2.13. The Kier molecular flexibility index (Phi) is 5.45. The largest absolute Gasteiger partial charge is 0.382 e. The van der Waals surface area contributed by atoms with Crippen LogP contribution in [-0.4, -0.2) is 26.4 Å². The van der Waals surface area contributed by atoms with Gasteiger partial charge in [0.25, 0.3) is 0 Å². The average molecular weight is 201 g/mol. The highest BCUT2D eigenvalue weighted by Crippen LogP contribution is 2.28. The smallest absolute Gasteiger partial charge is 0.0915 e. The second-order valence-electron chi connectivity index (χ2n) is 4.46. The van der Waals surface area contributed by atoms with Crippen LogP contribution in [0.4, 0.5) is 0 Å². The topological polar surface area (TPSA) is 30.5 Å². The summed E-state index contributed by atoms with van der Waals surface area (Å²) < 4.78 is 4.91. The Morgan fingerprint density at radius 1 is 1.21 bits per heavy atom. The van der Waals surface area contributed by atoms with Crippen molar-refractivity contribution in [2.75, 3.05) is 20.3 Å². The van der Waals surface area contributed by atoms with Gasteiger partial charge in [0, 0.05) is 13.2 Å². The molecule has 1 aliphatic rings. The molecule has 1 saturated carbocycles. The van der Waals surface area contributed by atoms with E-state index in [9.17, 15) is 0 Å². The Bertz CT molecular complexity index is 152. The zero-order valence-electron chi connectivity index (χ0n) is 9.58. The van der Waals surface area contributed by atoms with Gasteiger partial charge >= 0.3 is 0 Å². The molecule has 0 saturated heterocycles. The van der Waals surface area contributed by atoms with E-state index in [0.29, 0.717) is 19.3 Å². The molecule has 3 nitrogen and oxygen atoms in total. The second-order valence-corrected chi connectivity index (χ2v) is 4.46. The molecule has 3 heteroatoms. The molecule has 1 N–H and O–H groups in total. The van der Waals surface area contributed by atoms with Crippen molar-refractivity contribution in [2.45, 2.75) is 39.2 Å². The van der Waals surface area contributed by atoms with Crippen molar-refractivity contribution in [3.63, 3.8) is 0 Å². The zero-order chi connectivity index (χ0) is 10.4. The van der Waals surface area contributed by atoms with E-state index in [1.54, 1.807) is 7.11 Å². The van der Waals surface area contributed by atoms with Gasteiger partial charge in [0.15, 0.2) is 0 Å². The van der Waals surface area contributed by atoms with Crippen molar-refractivity contribution in [1.29, 1.82) is 0 Å². The lowest BCUT2D eigenvalue weighted by molar-refractivity contribution is -0.0317. The Morgan fingerprint density at radius 2 is 2.00 bits per heavy atom. The molecule has 1 rings (SSSR count). The highest BCUT2D eigenvalue weighted by molar-refractivity contribution is 4.78. The summed E-state index contributed by atoms with van der Waals surface area (Å²) in [7, 11) is 1.69. The van der Waals surface area contributed by atoms with Gasteiger partial charge in [-0.1, -0.05) is 13.8 Å². The van der Waals surface area contributed by atoms with Crippen LogP contribution in [-0.2, 0) is 9.57 Å². The lowest BCUT2D eigenvalue weighted by Gasteiger charge is -2.32. The van der Waals surface area contributed by atoms with Crippen LogP contribution in [0.5, 0.6) is 0 Å². The average Bonchev–Trinajstić information content (AvgIpc) is 2.15. The lowest BCUT2D eigenvalue weighted by atomic mass is 9.80. The molecule has 0 radical (unpaired) electrons. The van der Waals surface area contributed by atoms with E-state index >= 15 is 0 Å². The van der Waals surface area contributed by atoms with Crippen LogP contribution in [0.25, 0.3) is 0 Å². The van der Waals surface area contributed by atoms with Gasteiger partial charge < -0.3 is 4.74 Å². The monoisotopic (exact) mass is 201 g/mol. The number of hydroxylamine groups is 1. The van der Waals surface area contributed by atoms with E-state index in [1.165, 1.54) is 19.3 Å². The Morgan fingerprint density at radius 3 is 2.64 bits per heavy atom. The summed E-state index contributed by atoms with van der Waals surface area (Å²) in [4.78, 5) is 5.34. The highest BCUT2D eigenvalue weighted by Gasteiger charge is 2.24. The summed E-state index contributed by atoms with van der Waals surface area (Å²) in [6.45, 7) is 5.92. The minimum Gasteiger partial charge on any atom is -0.382 e. The normalized spacial score (nSPS) is 33.2. The summed E-state index contributed by atoms with van der Waals surface area (Å²) >= 11 is 0. The minimum absolute atomic E-state index is 0.531. The van der Waals surface area contributed by atoms with Gasteiger partial charge in [-0.15, -0.1) is 0 Å². The maximum absolute atomic E-state index is 5.34. The number of ether oxygens (including phenoxy) is 1. The van der Waals surface area contributed by atoms with Crippen LogP contribution in [0.15, 0.2) is 0 Å². The van der Waals surface area contributed by atoms with Crippen molar-refractivity contribution in [3.8, 4) is 0 Å². The third-order valence-corrected chi connectivity index (χ3v) is 3.06. The summed E-state index contributed by atoms with van der Waals surface area (Å²) in [5.74, 6) is 1.60. The third-order valence-electron chi connectivity index (χ3n) is 3.06. The molecule has 3 atom stereocenters. The molecule has 1 fully saturated rings. The molecular weight excluding hydrogens is 178 g/mol. The third kappa shape index (κ3) is 3.95. The first-order chi connectivity index (χ1) is 6.74. The molecule has 0 aliphatic heterocycles. The van der Waals surface area contributed by atoms with Crippen LogP contribution >= 0.6 is 0 Å². The number of hydrogen-bond acceptors (Lipinski definition) is 3. The van der Waals surface area contributed by atoms with E-state index in [1.807, 2.05) is 0 Å². The molecule has 0 aromatic heterocycles. The van der Waals surface area contributed by atoms with E-state index in [-0.39, 0.29) is 0 Å². The molecule has 1 aliphatic carbocycles. The Balaban J connectivity index is 2.11. The molecule has 0 bridgehead atoms. The van der Waals surface area contributed by atoms with Crippen molar-refractivity contribution in [3.05, 3.63) is 0 Å². The summed E-state index contributed by atoms with van der Waals surface area (Å²) in [6.07, 6.45) is 3.86. The highest BCUT2D eigenvalue weighted by atomic mass is 16.7. The lowest BCUT2D eigenvalue weighted by Crippen LogP contribution is -2.39. The number of nitrogens with one attached hydrogen (secondary N) is 1. The van der Waals surface area contributed by atoms with Gasteiger partial charge in [-0.3, -0.25) is 4.84 Å². The molecule has 0 aromatic carbocycles.